The Kier molecular flexibility index (Phi) is 8.17. The molecule has 0 N–H and O–H groups in total. The van der Waals surface area contributed by atoms with Gasteiger partial charge in [0, 0.05) is 44.3 Å². The van der Waals surface area contributed by atoms with Crippen LogP contribution in [0, 0.1) is 0 Å². The normalized spacial score (nSPS) is 11.6. The highest BCUT2D eigenvalue weighted by Crippen LogP contribution is 2.40. The Bertz CT molecular complexity index is 3520. The highest BCUT2D eigenvalue weighted by molar-refractivity contribution is 6.09. The van der Waals surface area contributed by atoms with Gasteiger partial charge in [-0.05, 0) is 117 Å². The second kappa shape index (κ2) is 14.3. The summed E-state index contributed by atoms with van der Waals surface area (Å²) >= 11 is 0. The molecular weight excluding hydrogens is 741 g/mol. The van der Waals surface area contributed by atoms with E-state index in [1.165, 1.54) is 49.3 Å². The number of benzene rings is 10. The Labute approximate surface area is 353 Å². The minimum Gasteiger partial charge on any atom is -0.456 e. The fraction of sp³-hybridized carbons (Fsp3) is 0. The van der Waals surface area contributed by atoms with Crippen molar-refractivity contribution in [3.05, 3.63) is 231 Å². The minimum absolute atomic E-state index is 0.909. The number of nitrogens with zero attached hydrogens (tertiary/aromatic N) is 2. The molecule has 0 unspecified atom stereocenters. The molecule has 12 rings (SSSR count). The average Bonchev–Trinajstić information content (AvgIpc) is 3.88. The number of anilines is 3. The van der Waals surface area contributed by atoms with Gasteiger partial charge in [0.2, 0.25) is 0 Å². The lowest BCUT2D eigenvalue weighted by molar-refractivity contribution is 0.669. The van der Waals surface area contributed by atoms with E-state index in [2.05, 4.69) is 228 Å². The predicted molar refractivity (Wildman–Crippen MR) is 257 cm³/mol. The van der Waals surface area contributed by atoms with Crippen molar-refractivity contribution < 1.29 is 4.42 Å². The van der Waals surface area contributed by atoms with Crippen molar-refractivity contribution in [3.63, 3.8) is 0 Å². The van der Waals surface area contributed by atoms with E-state index in [1.807, 2.05) is 12.1 Å². The van der Waals surface area contributed by atoms with Gasteiger partial charge in [0.15, 0.2) is 0 Å². The summed E-state index contributed by atoms with van der Waals surface area (Å²) in [5.74, 6) is 0. The first-order valence-electron chi connectivity index (χ1n) is 20.8. The van der Waals surface area contributed by atoms with E-state index in [-0.39, 0.29) is 0 Å². The summed E-state index contributed by atoms with van der Waals surface area (Å²) in [7, 11) is 0. The first kappa shape index (κ1) is 34.9. The van der Waals surface area contributed by atoms with Crippen LogP contribution in [0.2, 0.25) is 0 Å². The lowest BCUT2D eigenvalue weighted by atomic mass is 9.98. The van der Waals surface area contributed by atoms with E-state index in [0.29, 0.717) is 0 Å². The van der Waals surface area contributed by atoms with Crippen LogP contribution in [0.15, 0.2) is 235 Å². The molecule has 286 valence electrons. The van der Waals surface area contributed by atoms with Crippen LogP contribution in [0.25, 0.3) is 93.6 Å². The Morgan fingerprint density at radius 2 is 0.820 bits per heavy atom. The maximum Gasteiger partial charge on any atom is 0.136 e. The molecule has 0 aliphatic heterocycles. The van der Waals surface area contributed by atoms with Gasteiger partial charge in [0.1, 0.15) is 11.2 Å². The van der Waals surface area contributed by atoms with Crippen molar-refractivity contribution in [3.8, 4) is 39.1 Å². The third kappa shape index (κ3) is 5.98. The summed E-state index contributed by atoms with van der Waals surface area (Å²) in [5, 5.41) is 7.29. The van der Waals surface area contributed by atoms with Crippen LogP contribution in [0.4, 0.5) is 17.1 Å². The van der Waals surface area contributed by atoms with E-state index in [0.717, 1.165) is 61.4 Å². The van der Waals surface area contributed by atoms with Crippen LogP contribution < -0.4 is 4.90 Å². The average molecular weight is 779 g/mol. The monoisotopic (exact) mass is 778 g/mol. The first-order chi connectivity index (χ1) is 30.2. The summed E-state index contributed by atoms with van der Waals surface area (Å²) in [6.07, 6.45) is 0. The number of fused-ring (bicyclic) bond motifs is 7. The summed E-state index contributed by atoms with van der Waals surface area (Å²) in [6.45, 7) is 0. The predicted octanol–water partition coefficient (Wildman–Crippen LogP) is 16.3. The van der Waals surface area contributed by atoms with E-state index < -0.39 is 0 Å². The molecule has 0 radical (unpaired) electrons. The summed E-state index contributed by atoms with van der Waals surface area (Å²) in [4.78, 5) is 2.37. The second-order valence-corrected chi connectivity index (χ2v) is 15.7. The Morgan fingerprint density at radius 1 is 0.311 bits per heavy atom. The molecule has 10 aromatic carbocycles. The van der Waals surface area contributed by atoms with E-state index in [4.69, 9.17) is 4.42 Å². The topological polar surface area (TPSA) is 21.3 Å². The van der Waals surface area contributed by atoms with Crippen molar-refractivity contribution >= 4 is 71.6 Å². The Morgan fingerprint density at radius 3 is 1.52 bits per heavy atom. The Balaban J connectivity index is 0.922. The molecule has 12 aromatic rings. The molecule has 0 fully saturated rings. The number of rotatable bonds is 7. The number of aromatic nitrogens is 1. The Hall–Kier alpha value is -8.14. The number of hydrogen-bond donors (Lipinski definition) is 0. The fourth-order valence-electron chi connectivity index (χ4n) is 9.25. The van der Waals surface area contributed by atoms with Gasteiger partial charge >= 0.3 is 0 Å². The zero-order valence-electron chi connectivity index (χ0n) is 33.2. The highest BCUT2D eigenvalue weighted by atomic mass is 16.3. The number of hydrogen-bond acceptors (Lipinski definition) is 2. The lowest BCUT2D eigenvalue weighted by Gasteiger charge is -2.27. The standard InChI is InChI=1S/C58H38N2O/c1-2-15-49-42(11-1)12-9-19-50(49)43-29-34-46(35-30-43)59(47-13-10-14-48(38-47)60-55-20-6-3-16-51(55)52-17-4-7-21-56(52)60)45-32-27-40(28-33-45)39-23-25-41(26-24-39)44-31-36-54-53-18-5-8-22-57(53)61-58(54)37-44/h1-38H. The molecule has 61 heavy (non-hydrogen) atoms. The van der Waals surface area contributed by atoms with Crippen LogP contribution in [-0.4, -0.2) is 4.57 Å². The third-order valence-electron chi connectivity index (χ3n) is 12.2. The van der Waals surface area contributed by atoms with Gasteiger partial charge in [-0.1, -0.05) is 158 Å². The van der Waals surface area contributed by atoms with Gasteiger partial charge in [0.25, 0.3) is 0 Å². The van der Waals surface area contributed by atoms with Gasteiger partial charge < -0.3 is 13.9 Å². The molecule has 0 aliphatic rings. The van der Waals surface area contributed by atoms with Crippen molar-refractivity contribution in [2.24, 2.45) is 0 Å². The van der Waals surface area contributed by atoms with Crippen LogP contribution in [0.5, 0.6) is 0 Å². The van der Waals surface area contributed by atoms with Crippen molar-refractivity contribution in [2.75, 3.05) is 4.90 Å². The largest absolute Gasteiger partial charge is 0.456 e. The number of para-hydroxylation sites is 3. The zero-order valence-corrected chi connectivity index (χ0v) is 33.2. The van der Waals surface area contributed by atoms with Crippen molar-refractivity contribution in [1.82, 2.24) is 4.57 Å². The van der Waals surface area contributed by atoms with Gasteiger partial charge in [-0.2, -0.15) is 0 Å². The van der Waals surface area contributed by atoms with E-state index in [9.17, 15) is 0 Å². The van der Waals surface area contributed by atoms with Crippen molar-refractivity contribution in [2.45, 2.75) is 0 Å². The molecule has 0 atom stereocenters. The van der Waals surface area contributed by atoms with E-state index in [1.54, 1.807) is 0 Å². The highest BCUT2D eigenvalue weighted by Gasteiger charge is 2.17. The molecule has 0 saturated carbocycles. The lowest BCUT2D eigenvalue weighted by Crippen LogP contribution is -2.10. The van der Waals surface area contributed by atoms with Gasteiger partial charge in [-0.3, -0.25) is 0 Å². The molecular formula is C58H38N2O. The summed E-state index contributed by atoms with van der Waals surface area (Å²) in [5.41, 5.74) is 15.6. The molecule has 3 nitrogen and oxygen atoms in total. The first-order valence-corrected chi connectivity index (χ1v) is 20.8. The van der Waals surface area contributed by atoms with Crippen LogP contribution in [0.3, 0.4) is 0 Å². The molecule has 2 heterocycles. The van der Waals surface area contributed by atoms with Crippen molar-refractivity contribution in [1.29, 1.82) is 0 Å². The van der Waals surface area contributed by atoms with Crippen LogP contribution in [-0.2, 0) is 0 Å². The molecule has 3 heteroatoms. The summed E-state index contributed by atoms with van der Waals surface area (Å²) in [6, 6.07) is 83.0. The van der Waals surface area contributed by atoms with E-state index >= 15 is 0 Å². The van der Waals surface area contributed by atoms with Crippen LogP contribution in [0.1, 0.15) is 0 Å². The third-order valence-corrected chi connectivity index (χ3v) is 12.2. The van der Waals surface area contributed by atoms with Gasteiger partial charge in [0.05, 0.1) is 11.0 Å². The van der Waals surface area contributed by atoms with Gasteiger partial charge in [-0.25, -0.2) is 0 Å². The zero-order chi connectivity index (χ0) is 40.3. The summed E-state index contributed by atoms with van der Waals surface area (Å²) < 4.78 is 8.58. The molecule has 2 aromatic heterocycles. The smallest absolute Gasteiger partial charge is 0.136 e. The van der Waals surface area contributed by atoms with Gasteiger partial charge in [-0.15, -0.1) is 0 Å². The molecule has 0 aliphatic carbocycles. The quantitative estimate of drug-likeness (QED) is 0.161. The maximum absolute atomic E-state index is 6.20. The maximum atomic E-state index is 6.20. The van der Waals surface area contributed by atoms with Crippen LogP contribution >= 0.6 is 0 Å². The molecule has 0 bridgehead atoms. The molecule has 0 saturated heterocycles. The fourth-order valence-corrected chi connectivity index (χ4v) is 9.25. The second-order valence-electron chi connectivity index (χ2n) is 15.7. The number of furan rings is 1. The minimum atomic E-state index is 0.909. The molecule has 0 spiro atoms. The molecule has 0 amide bonds. The SMILES string of the molecule is c1cc(N(c2ccc(-c3ccc(-c4ccc5c(c4)oc4ccccc45)cc3)cc2)c2ccc(-c3cccc4ccccc34)cc2)cc(-n2c3ccccc3c3ccccc32)c1.